The summed E-state index contributed by atoms with van der Waals surface area (Å²) in [5.41, 5.74) is 2.32. The number of aromatic nitrogens is 3. The number of carbonyl (C=O) groups excluding carboxylic acids is 1. The molecule has 2 atom stereocenters. The first-order chi connectivity index (χ1) is 9.81. The van der Waals surface area contributed by atoms with E-state index in [-0.39, 0.29) is 12.1 Å². The SMILES string of the molecule is CC(c1ccccc1)n1nnc(C=O)c1C1CCCO1. The molecule has 2 heterocycles. The Labute approximate surface area is 117 Å². The van der Waals surface area contributed by atoms with Crippen LogP contribution >= 0.6 is 0 Å². The van der Waals surface area contributed by atoms with E-state index in [4.69, 9.17) is 4.74 Å². The molecular formula is C15H17N3O2. The summed E-state index contributed by atoms with van der Waals surface area (Å²) in [6, 6.07) is 10.1. The van der Waals surface area contributed by atoms with Gasteiger partial charge in [-0.15, -0.1) is 5.10 Å². The summed E-state index contributed by atoms with van der Waals surface area (Å²) in [7, 11) is 0. The van der Waals surface area contributed by atoms with Crippen molar-refractivity contribution < 1.29 is 9.53 Å². The van der Waals surface area contributed by atoms with Crippen molar-refractivity contribution in [3.05, 3.63) is 47.3 Å². The third-order valence-electron chi connectivity index (χ3n) is 3.75. The molecule has 3 rings (SSSR count). The van der Waals surface area contributed by atoms with Crippen molar-refractivity contribution in [2.45, 2.75) is 31.9 Å². The van der Waals surface area contributed by atoms with Gasteiger partial charge in [-0.1, -0.05) is 35.5 Å². The number of carbonyl (C=O) groups is 1. The van der Waals surface area contributed by atoms with Crippen LogP contribution in [0.3, 0.4) is 0 Å². The van der Waals surface area contributed by atoms with Crippen LogP contribution in [0.2, 0.25) is 0 Å². The zero-order chi connectivity index (χ0) is 13.9. The average Bonchev–Trinajstić information content (AvgIpc) is 3.15. The lowest BCUT2D eigenvalue weighted by Crippen LogP contribution is -2.15. The summed E-state index contributed by atoms with van der Waals surface area (Å²) in [4.78, 5) is 11.2. The zero-order valence-electron chi connectivity index (χ0n) is 11.4. The van der Waals surface area contributed by atoms with Gasteiger partial charge in [0.2, 0.25) is 0 Å². The second-order valence-corrected chi connectivity index (χ2v) is 5.01. The van der Waals surface area contributed by atoms with Gasteiger partial charge in [0.1, 0.15) is 6.10 Å². The zero-order valence-corrected chi connectivity index (χ0v) is 11.4. The van der Waals surface area contributed by atoms with Crippen LogP contribution in [-0.4, -0.2) is 27.9 Å². The van der Waals surface area contributed by atoms with Crippen LogP contribution in [0, 0.1) is 0 Å². The van der Waals surface area contributed by atoms with E-state index < -0.39 is 0 Å². The van der Waals surface area contributed by atoms with E-state index in [1.54, 1.807) is 0 Å². The third kappa shape index (κ3) is 2.25. The molecule has 20 heavy (non-hydrogen) atoms. The lowest BCUT2D eigenvalue weighted by Gasteiger charge is -2.18. The number of ether oxygens (including phenoxy) is 1. The van der Waals surface area contributed by atoms with Crippen molar-refractivity contribution >= 4 is 6.29 Å². The number of rotatable bonds is 4. The molecule has 1 fully saturated rings. The summed E-state index contributed by atoms with van der Waals surface area (Å²) in [6.07, 6.45) is 2.61. The number of benzene rings is 1. The molecule has 0 saturated carbocycles. The minimum atomic E-state index is -0.0728. The molecule has 1 aromatic heterocycles. The van der Waals surface area contributed by atoms with Crippen LogP contribution in [0.1, 0.15) is 53.7 Å². The maximum atomic E-state index is 11.2. The minimum absolute atomic E-state index is 0.0246. The van der Waals surface area contributed by atoms with E-state index in [0.717, 1.165) is 37.0 Å². The highest BCUT2D eigenvalue weighted by molar-refractivity contribution is 5.73. The molecule has 0 amide bonds. The number of aldehydes is 1. The molecule has 0 N–H and O–H groups in total. The fraction of sp³-hybridized carbons (Fsp3) is 0.400. The standard InChI is InChI=1S/C15H17N3O2/c1-11(12-6-3-2-4-7-12)18-15(13(10-19)16-17-18)14-8-5-9-20-14/h2-4,6-7,10-11,14H,5,8-9H2,1H3. The van der Waals surface area contributed by atoms with Gasteiger partial charge in [-0.05, 0) is 25.3 Å². The molecule has 2 aromatic rings. The largest absolute Gasteiger partial charge is 0.372 e. The minimum Gasteiger partial charge on any atom is -0.372 e. The van der Waals surface area contributed by atoms with Crippen LogP contribution < -0.4 is 0 Å². The monoisotopic (exact) mass is 271 g/mol. The fourth-order valence-electron chi connectivity index (χ4n) is 2.66. The van der Waals surface area contributed by atoms with Crippen LogP contribution in [0.25, 0.3) is 0 Å². The van der Waals surface area contributed by atoms with E-state index >= 15 is 0 Å². The highest BCUT2D eigenvalue weighted by Gasteiger charge is 2.28. The Hall–Kier alpha value is -2.01. The number of hydrogen-bond acceptors (Lipinski definition) is 4. The van der Waals surface area contributed by atoms with Crippen molar-refractivity contribution in [3.63, 3.8) is 0 Å². The Balaban J connectivity index is 2.00. The van der Waals surface area contributed by atoms with Crippen molar-refractivity contribution in [3.8, 4) is 0 Å². The van der Waals surface area contributed by atoms with Gasteiger partial charge in [0.25, 0.3) is 0 Å². The van der Waals surface area contributed by atoms with E-state index in [0.29, 0.717) is 5.69 Å². The molecule has 0 radical (unpaired) electrons. The molecule has 104 valence electrons. The van der Waals surface area contributed by atoms with Crippen molar-refractivity contribution in [2.24, 2.45) is 0 Å². The third-order valence-corrected chi connectivity index (χ3v) is 3.75. The molecule has 0 bridgehead atoms. The van der Waals surface area contributed by atoms with Gasteiger partial charge in [0, 0.05) is 6.61 Å². The lowest BCUT2D eigenvalue weighted by atomic mass is 10.1. The molecule has 2 unspecified atom stereocenters. The summed E-state index contributed by atoms with van der Waals surface area (Å²) in [5, 5.41) is 8.15. The molecular weight excluding hydrogens is 254 g/mol. The Morgan fingerprint density at radius 3 is 2.85 bits per heavy atom. The highest BCUT2D eigenvalue weighted by Crippen LogP contribution is 2.32. The molecule has 1 aliphatic heterocycles. The molecule has 1 aliphatic rings. The summed E-state index contributed by atoms with van der Waals surface area (Å²) < 4.78 is 7.52. The number of hydrogen-bond donors (Lipinski definition) is 0. The van der Waals surface area contributed by atoms with Gasteiger partial charge < -0.3 is 4.74 Å². The fourth-order valence-corrected chi connectivity index (χ4v) is 2.66. The van der Waals surface area contributed by atoms with E-state index in [1.807, 2.05) is 35.0 Å². The second kappa shape index (κ2) is 5.54. The predicted octanol–water partition coefficient (Wildman–Crippen LogP) is 2.55. The Morgan fingerprint density at radius 1 is 1.40 bits per heavy atom. The van der Waals surface area contributed by atoms with Crippen LogP contribution in [-0.2, 0) is 4.74 Å². The predicted molar refractivity (Wildman–Crippen MR) is 73.6 cm³/mol. The molecule has 1 saturated heterocycles. The first-order valence-corrected chi connectivity index (χ1v) is 6.88. The van der Waals surface area contributed by atoms with Crippen LogP contribution in [0.15, 0.2) is 30.3 Å². The van der Waals surface area contributed by atoms with Gasteiger partial charge in [0.15, 0.2) is 12.0 Å². The maximum Gasteiger partial charge on any atom is 0.172 e. The Bertz CT molecular complexity index is 588. The van der Waals surface area contributed by atoms with E-state index in [9.17, 15) is 4.79 Å². The first-order valence-electron chi connectivity index (χ1n) is 6.88. The van der Waals surface area contributed by atoms with Crippen molar-refractivity contribution in [1.82, 2.24) is 15.0 Å². The van der Waals surface area contributed by atoms with Crippen LogP contribution in [0.5, 0.6) is 0 Å². The Morgan fingerprint density at radius 2 is 2.20 bits per heavy atom. The normalized spacial score (nSPS) is 19.9. The molecule has 0 aliphatic carbocycles. The quantitative estimate of drug-likeness (QED) is 0.802. The maximum absolute atomic E-state index is 11.2. The van der Waals surface area contributed by atoms with E-state index in [1.165, 1.54) is 0 Å². The Kier molecular flexibility index (Phi) is 3.60. The summed E-state index contributed by atoms with van der Waals surface area (Å²) >= 11 is 0. The topological polar surface area (TPSA) is 57.0 Å². The van der Waals surface area contributed by atoms with Crippen molar-refractivity contribution in [2.75, 3.05) is 6.61 Å². The average molecular weight is 271 g/mol. The van der Waals surface area contributed by atoms with Gasteiger partial charge in [-0.25, -0.2) is 4.68 Å². The first kappa shape index (κ1) is 13.0. The second-order valence-electron chi connectivity index (χ2n) is 5.01. The molecule has 0 spiro atoms. The molecule has 1 aromatic carbocycles. The van der Waals surface area contributed by atoms with Gasteiger partial charge in [-0.2, -0.15) is 0 Å². The van der Waals surface area contributed by atoms with Crippen molar-refractivity contribution in [1.29, 1.82) is 0 Å². The van der Waals surface area contributed by atoms with Gasteiger partial charge in [0.05, 0.1) is 11.7 Å². The van der Waals surface area contributed by atoms with Gasteiger partial charge in [-0.3, -0.25) is 4.79 Å². The summed E-state index contributed by atoms with van der Waals surface area (Å²) in [6.45, 7) is 2.78. The van der Waals surface area contributed by atoms with Gasteiger partial charge >= 0.3 is 0 Å². The molecule has 5 nitrogen and oxygen atoms in total. The summed E-state index contributed by atoms with van der Waals surface area (Å²) in [5.74, 6) is 0. The number of nitrogens with zero attached hydrogens (tertiary/aromatic N) is 3. The molecule has 5 heteroatoms. The lowest BCUT2D eigenvalue weighted by molar-refractivity contribution is 0.0999. The highest BCUT2D eigenvalue weighted by atomic mass is 16.5. The van der Waals surface area contributed by atoms with E-state index in [2.05, 4.69) is 17.2 Å². The van der Waals surface area contributed by atoms with Crippen LogP contribution in [0.4, 0.5) is 0 Å². The smallest absolute Gasteiger partial charge is 0.172 e.